The summed E-state index contributed by atoms with van der Waals surface area (Å²) in [4.78, 5) is 29.6. The van der Waals surface area contributed by atoms with Gasteiger partial charge in [0.15, 0.2) is 4.80 Å². The number of thiazole rings is 1. The van der Waals surface area contributed by atoms with Crippen molar-refractivity contribution in [2.24, 2.45) is 4.99 Å². The Hall–Kier alpha value is -2.24. The number of carbonyl (C=O) groups excluding carboxylic acids is 2. The van der Waals surface area contributed by atoms with E-state index >= 15 is 0 Å². The van der Waals surface area contributed by atoms with E-state index in [1.54, 1.807) is 32.9 Å². The molecule has 1 amide bonds. The number of fused-ring (bicyclic) bond motifs is 1. The Labute approximate surface area is 211 Å². The van der Waals surface area contributed by atoms with Crippen LogP contribution in [0, 0.1) is 0 Å². The van der Waals surface area contributed by atoms with Crippen LogP contribution in [-0.4, -0.2) is 48.9 Å². The third kappa shape index (κ3) is 5.36. The summed E-state index contributed by atoms with van der Waals surface area (Å²) in [6.07, 6.45) is 0. The second-order valence-corrected chi connectivity index (χ2v) is 10.7. The summed E-state index contributed by atoms with van der Waals surface area (Å²) < 4.78 is 33.9. The summed E-state index contributed by atoms with van der Waals surface area (Å²) >= 11 is 13.7. The summed E-state index contributed by atoms with van der Waals surface area (Å²) in [5.74, 6) is -1.11. The summed E-state index contributed by atoms with van der Waals surface area (Å²) in [6.45, 7) is 5.88. The number of rotatable bonds is 8. The minimum Gasteiger partial charge on any atom is -0.465 e. The molecule has 0 saturated carbocycles. The van der Waals surface area contributed by atoms with E-state index in [0.29, 0.717) is 28.3 Å². The minimum absolute atomic E-state index is 0.0911. The molecule has 0 aliphatic rings. The van der Waals surface area contributed by atoms with E-state index in [-0.39, 0.29) is 33.4 Å². The first-order chi connectivity index (χ1) is 16.1. The Kier molecular flexibility index (Phi) is 8.53. The first kappa shape index (κ1) is 26.4. The number of hydrogen-bond acceptors (Lipinski definition) is 6. The number of sulfonamides is 1. The van der Waals surface area contributed by atoms with Crippen LogP contribution in [0.4, 0.5) is 0 Å². The van der Waals surface area contributed by atoms with Crippen molar-refractivity contribution in [3.05, 3.63) is 56.8 Å². The molecule has 3 rings (SSSR count). The molecule has 1 aromatic heterocycles. The molecule has 0 atom stereocenters. The molecule has 12 heteroatoms. The molecule has 0 aliphatic heterocycles. The average Bonchev–Trinajstić information content (AvgIpc) is 3.14. The van der Waals surface area contributed by atoms with Crippen molar-refractivity contribution < 1.29 is 22.7 Å². The van der Waals surface area contributed by atoms with E-state index in [1.807, 2.05) is 0 Å². The van der Waals surface area contributed by atoms with Crippen LogP contribution in [-0.2, 0) is 26.1 Å². The highest BCUT2D eigenvalue weighted by molar-refractivity contribution is 7.89. The number of amides is 1. The molecular formula is C22H23Cl2N3O5S2. The van der Waals surface area contributed by atoms with Crippen LogP contribution in [0.2, 0.25) is 10.0 Å². The van der Waals surface area contributed by atoms with Crippen LogP contribution in [0.15, 0.2) is 46.3 Å². The van der Waals surface area contributed by atoms with Crippen molar-refractivity contribution in [1.82, 2.24) is 8.87 Å². The summed E-state index contributed by atoms with van der Waals surface area (Å²) in [5.41, 5.74) is 0.669. The Balaban J connectivity index is 2.05. The van der Waals surface area contributed by atoms with Crippen LogP contribution in [0.25, 0.3) is 10.2 Å². The standard InChI is InChI=1S/C22H23Cl2N3O5S2/c1-4-26(5-2)34(30,31)15-9-7-14(8-10-15)21(29)25-22-27(13-18(28)32-6-3)20-17(33-22)12-11-16(23)19(20)24/h7-12H,4-6,13H2,1-3H3. The fourth-order valence-electron chi connectivity index (χ4n) is 3.30. The number of carbonyl (C=O) groups is 2. The molecule has 0 radical (unpaired) electrons. The van der Waals surface area contributed by atoms with Crippen LogP contribution in [0.1, 0.15) is 31.1 Å². The molecule has 3 aromatic rings. The van der Waals surface area contributed by atoms with E-state index in [4.69, 9.17) is 27.9 Å². The van der Waals surface area contributed by atoms with Gasteiger partial charge >= 0.3 is 5.97 Å². The molecule has 0 fully saturated rings. The van der Waals surface area contributed by atoms with Gasteiger partial charge in [-0.2, -0.15) is 9.30 Å². The van der Waals surface area contributed by atoms with Crippen molar-refractivity contribution >= 4 is 66.7 Å². The van der Waals surface area contributed by atoms with E-state index in [9.17, 15) is 18.0 Å². The molecule has 0 saturated heterocycles. The van der Waals surface area contributed by atoms with Gasteiger partial charge in [-0.25, -0.2) is 8.42 Å². The number of esters is 1. The number of aromatic nitrogens is 1. The summed E-state index contributed by atoms with van der Waals surface area (Å²) in [5, 5.41) is 0.534. The average molecular weight is 544 g/mol. The topological polar surface area (TPSA) is 98.0 Å². The zero-order valence-electron chi connectivity index (χ0n) is 18.7. The van der Waals surface area contributed by atoms with Gasteiger partial charge < -0.3 is 9.30 Å². The maximum absolute atomic E-state index is 12.9. The van der Waals surface area contributed by atoms with Gasteiger partial charge in [-0.05, 0) is 43.3 Å². The van der Waals surface area contributed by atoms with Crippen molar-refractivity contribution in [3.8, 4) is 0 Å². The maximum Gasteiger partial charge on any atom is 0.326 e. The fourth-order valence-corrected chi connectivity index (χ4v) is 6.27. The second-order valence-electron chi connectivity index (χ2n) is 7.01. The molecule has 34 heavy (non-hydrogen) atoms. The van der Waals surface area contributed by atoms with Crippen LogP contribution < -0.4 is 4.80 Å². The number of halogens is 2. The summed E-state index contributed by atoms with van der Waals surface area (Å²) in [7, 11) is -3.64. The Bertz CT molecular complexity index is 1390. The van der Waals surface area contributed by atoms with Gasteiger partial charge in [-0.15, -0.1) is 0 Å². The Morgan fingerprint density at radius 2 is 1.71 bits per heavy atom. The minimum atomic E-state index is -3.64. The lowest BCUT2D eigenvalue weighted by molar-refractivity contribution is -0.143. The molecule has 0 N–H and O–H groups in total. The maximum atomic E-state index is 12.9. The van der Waals surface area contributed by atoms with Crippen molar-refractivity contribution in [3.63, 3.8) is 0 Å². The SMILES string of the molecule is CCOC(=O)Cn1c(=NC(=O)c2ccc(S(=O)(=O)N(CC)CC)cc2)sc2ccc(Cl)c(Cl)c21. The Morgan fingerprint density at radius 3 is 2.29 bits per heavy atom. The van der Waals surface area contributed by atoms with Crippen molar-refractivity contribution in [1.29, 1.82) is 0 Å². The highest BCUT2D eigenvalue weighted by Crippen LogP contribution is 2.32. The van der Waals surface area contributed by atoms with E-state index in [2.05, 4.69) is 4.99 Å². The number of hydrogen-bond donors (Lipinski definition) is 0. The largest absolute Gasteiger partial charge is 0.465 e. The van der Waals surface area contributed by atoms with Gasteiger partial charge in [0.1, 0.15) is 6.54 Å². The van der Waals surface area contributed by atoms with Crippen LogP contribution in [0.5, 0.6) is 0 Å². The molecule has 0 unspecified atom stereocenters. The van der Waals surface area contributed by atoms with Crippen molar-refractivity contribution in [2.45, 2.75) is 32.2 Å². The van der Waals surface area contributed by atoms with Gasteiger partial charge in [-0.1, -0.05) is 48.4 Å². The fraction of sp³-hybridized carbons (Fsp3) is 0.318. The molecule has 0 aliphatic carbocycles. The van der Waals surface area contributed by atoms with Crippen LogP contribution >= 0.6 is 34.5 Å². The van der Waals surface area contributed by atoms with E-state index in [0.717, 1.165) is 0 Å². The van der Waals surface area contributed by atoms with E-state index < -0.39 is 21.9 Å². The molecule has 182 valence electrons. The highest BCUT2D eigenvalue weighted by atomic mass is 35.5. The first-order valence-electron chi connectivity index (χ1n) is 10.5. The smallest absolute Gasteiger partial charge is 0.326 e. The monoisotopic (exact) mass is 543 g/mol. The lowest BCUT2D eigenvalue weighted by Gasteiger charge is -2.18. The number of nitrogens with zero attached hydrogens (tertiary/aromatic N) is 3. The van der Waals surface area contributed by atoms with E-state index in [1.165, 1.54) is 44.5 Å². The predicted molar refractivity (Wildman–Crippen MR) is 133 cm³/mol. The normalized spacial score (nSPS) is 12.5. The van der Waals surface area contributed by atoms with Crippen molar-refractivity contribution in [2.75, 3.05) is 19.7 Å². The van der Waals surface area contributed by atoms with Gasteiger partial charge in [0.2, 0.25) is 10.0 Å². The molecule has 0 bridgehead atoms. The first-order valence-corrected chi connectivity index (χ1v) is 13.5. The molecular weight excluding hydrogens is 521 g/mol. The molecule has 1 heterocycles. The number of benzene rings is 2. The Morgan fingerprint density at radius 1 is 1.06 bits per heavy atom. The zero-order chi connectivity index (χ0) is 25.0. The highest BCUT2D eigenvalue weighted by Gasteiger charge is 2.22. The van der Waals surface area contributed by atoms with Crippen LogP contribution in [0.3, 0.4) is 0 Å². The second kappa shape index (κ2) is 11.0. The quantitative estimate of drug-likeness (QED) is 0.393. The molecule has 0 spiro atoms. The number of ether oxygens (including phenoxy) is 1. The molecule has 2 aromatic carbocycles. The van der Waals surface area contributed by atoms with Gasteiger partial charge in [0, 0.05) is 18.7 Å². The molecule has 8 nitrogen and oxygen atoms in total. The van der Waals surface area contributed by atoms with Gasteiger partial charge in [0.25, 0.3) is 5.91 Å². The van der Waals surface area contributed by atoms with Gasteiger partial charge in [-0.3, -0.25) is 9.59 Å². The predicted octanol–water partition coefficient (Wildman–Crippen LogP) is 4.34. The lowest BCUT2D eigenvalue weighted by Crippen LogP contribution is -2.30. The lowest BCUT2D eigenvalue weighted by atomic mass is 10.2. The van der Waals surface area contributed by atoms with Gasteiger partial charge in [0.05, 0.1) is 31.8 Å². The summed E-state index contributed by atoms with van der Waals surface area (Å²) in [6, 6.07) is 8.93. The third-order valence-electron chi connectivity index (χ3n) is 4.97. The zero-order valence-corrected chi connectivity index (χ0v) is 21.9. The third-order valence-corrected chi connectivity index (χ3v) is 8.87.